The molecule has 1 amide bonds. The predicted molar refractivity (Wildman–Crippen MR) is 56.8 cm³/mol. The van der Waals surface area contributed by atoms with Crippen molar-refractivity contribution < 1.29 is 9.90 Å². The summed E-state index contributed by atoms with van der Waals surface area (Å²) in [5.41, 5.74) is 5.35. The summed E-state index contributed by atoms with van der Waals surface area (Å²) in [6.45, 7) is 6.28. The van der Waals surface area contributed by atoms with Crippen LogP contribution in [0.25, 0.3) is 0 Å². The highest BCUT2D eigenvalue weighted by Gasteiger charge is 2.19. The van der Waals surface area contributed by atoms with Crippen LogP contribution in [0.15, 0.2) is 0 Å². The summed E-state index contributed by atoms with van der Waals surface area (Å²) in [6, 6.07) is -0.422. The molecular formula is C10H22N2O2. The van der Waals surface area contributed by atoms with Gasteiger partial charge >= 0.3 is 0 Å². The molecule has 0 aliphatic carbocycles. The molecule has 0 bridgehead atoms. The maximum atomic E-state index is 11.4. The van der Waals surface area contributed by atoms with Gasteiger partial charge in [0.2, 0.25) is 5.91 Å². The first-order valence-electron chi connectivity index (χ1n) is 5.07. The third kappa shape index (κ3) is 5.19. The molecule has 0 saturated carbocycles. The number of carbonyl (C=O) groups is 1. The molecule has 0 spiro atoms. The Labute approximate surface area is 85.9 Å². The Hall–Kier alpha value is -0.610. The minimum atomic E-state index is -0.422. The first-order chi connectivity index (χ1) is 6.43. The van der Waals surface area contributed by atoms with Crippen molar-refractivity contribution in [2.45, 2.75) is 39.7 Å². The normalized spacial score (nSPS) is 13.8. The monoisotopic (exact) mass is 202 g/mol. The maximum Gasteiger partial charge on any atom is 0.236 e. The van der Waals surface area contributed by atoms with Gasteiger partial charge in [-0.1, -0.05) is 27.2 Å². The fourth-order valence-corrected chi connectivity index (χ4v) is 0.955. The zero-order valence-electron chi connectivity index (χ0n) is 9.34. The van der Waals surface area contributed by atoms with Crippen LogP contribution in [-0.4, -0.2) is 30.2 Å². The van der Waals surface area contributed by atoms with Gasteiger partial charge in [-0.15, -0.1) is 0 Å². The number of nitrogens with two attached hydrogens (primary N) is 1. The fourth-order valence-electron chi connectivity index (χ4n) is 0.955. The molecule has 0 aromatic carbocycles. The van der Waals surface area contributed by atoms with Crippen LogP contribution in [0, 0.1) is 5.41 Å². The molecular weight excluding hydrogens is 180 g/mol. The summed E-state index contributed by atoms with van der Waals surface area (Å²) < 4.78 is 0. The van der Waals surface area contributed by atoms with Gasteiger partial charge in [0.05, 0.1) is 6.04 Å². The van der Waals surface area contributed by atoms with E-state index < -0.39 is 6.04 Å². The van der Waals surface area contributed by atoms with Crippen LogP contribution in [0.3, 0.4) is 0 Å². The number of hydrogen-bond donors (Lipinski definition) is 3. The number of amides is 1. The first kappa shape index (κ1) is 13.4. The van der Waals surface area contributed by atoms with E-state index in [2.05, 4.69) is 5.32 Å². The Bertz CT molecular complexity index is 181. The molecule has 0 fully saturated rings. The van der Waals surface area contributed by atoms with Gasteiger partial charge in [-0.2, -0.15) is 0 Å². The van der Waals surface area contributed by atoms with Crippen molar-refractivity contribution in [3.63, 3.8) is 0 Å². The van der Waals surface area contributed by atoms with Crippen LogP contribution in [-0.2, 0) is 4.79 Å². The molecule has 0 aliphatic heterocycles. The summed E-state index contributed by atoms with van der Waals surface area (Å²) >= 11 is 0. The molecule has 4 heteroatoms. The molecule has 0 aromatic rings. The molecule has 0 aliphatic rings. The van der Waals surface area contributed by atoms with Crippen LogP contribution in [0.1, 0.15) is 33.6 Å². The highest BCUT2D eigenvalue weighted by atomic mass is 16.3. The highest BCUT2D eigenvalue weighted by molar-refractivity contribution is 5.81. The average Bonchev–Trinajstić information content (AvgIpc) is 2.15. The second kappa shape index (κ2) is 5.98. The highest BCUT2D eigenvalue weighted by Crippen LogP contribution is 2.11. The Kier molecular flexibility index (Phi) is 5.72. The Balaban J connectivity index is 3.84. The van der Waals surface area contributed by atoms with E-state index in [1.165, 1.54) is 0 Å². The van der Waals surface area contributed by atoms with Crippen LogP contribution in [0.5, 0.6) is 0 Å². The van der Waals surface area contributed by atoms with E-state index >= 15 is 0 Å². The average molecular weight is 202 g/mol. The summed E-state index contributed by atoms with van der Waals surface area (Å²) in [7, 11) is 0. The molecule has 14 heavy (non-hydrogen) atoms. The molecule has 0 heterocycles. The van der Waals surface area contributed by atoms with Gasteiger partial charge < -0.3 is 16.2 Å². The smallest absolute Gasteiger partial charge is 0.236 e. The Morgan fingerprint density at radius 2 is 2.14 bits per heavy atom. The molecule has 0 rings (SSSR count). The minimum Gasteiger partial charge on any atom is -0.396 e. The van der Waals surface area contributed by atoms with E-state index in [0.717, 1.165) is 6.42 Å². The van der Waals surface area contributed by atoms with E-state index in [1.54, 1.807) is 0 Å². The third-order valence-corrected chi connectivity index (χ3v) is 2.11. The Morgan fingerprint density at radius 1 is 1.57 bits per heavy atom. The first-order valence-corrected chi connectivity index (χ1v) is 5.07. The summed E-state index contributed by atoms with van der Waals surface area (Å²) in [5, 5.41) is 11.7. The third-order valence-electron chi connectivity index (χ3n) is 2.11. The van der Waals surface area contributed by atoms with Gasteiger partial charge in [0, 0.05) is 18.6 Å². The quantitative estimate of drug-likeness (QED) is 0.578. The van der Waals surface area contributed by atoms with Crippen molar-refractivity contribution in [1.29, 1.82) is 0 Å². The summed E-state index contributed by atoms with van der Waals surface area (Å²) in [4.78, 5) is 11.4. The van der Waals surface area contributed by atoms with Crippen molar-refractivity contribution in [3.8, 4) is 0 Å². The molecule has 0 saturated heterocycles. The van der Waals surface area contributed by atoms with Crippen molar-refractivity contribution in [2.75, 3.05) is 13.2 Å². The molecule has 4 N–H and O–H groups in total. The molecule has 0 unspecified atom stereocenters. The van der Waals surface area contributed by atoms with Crippen LogP contribution in [0.2, 0.25) is 0 Å². The second-order valence-electron chi connectivity index (χ2n) is 4.44. The van der Waals surface area contributed by atoms with Gasteiger partial charge in [0.25, 0.3) is 0 Å². The van der Waals surface area contributed by atoms with E-state index in [4.69, 9.17) is 10.8 Å². The van der Waals surface area contributed by atoms with E-state index in [-0.39, 0.29) is 17.9 Å². The van der Waals surface area contributed by atoms with Crippen molar-refractivity contribution in [3.05, 3.63) is 0 Å². The Morgan fingerprint density at radius 3 is 2.57 bits per heavy atom. The van der Waals surface area contributed by atoms with E-state index in [0.29, 0.717) is 13.0 Å². The lowest BCUT2D eigenvalue weighted by atomic mass is 9.95. The molecule has 0 aromatic heterocycles. The van der Waals surface area contributed by atoms with Crippen molar-refractivity contribution in [1.82, 2.24) is 5.32 Å². The molecule has 4 nitrogen and oxygen atoms in total. The number of aliphatic hydroxyl groups excluding tert-OH is 1. The maximum absolute atomic E-state index is 11.4. The van der Waals surface area contributed by atoms with Gasteiger partial charge in [-0.25, -0.2) is 0 Å². The topological polar surface area (TPSA) is 75.4 Å². The van der Waals surface area contributed by atoms with E-state index in [1.807, 2.05) is 20.8 Å². The standard InChI is InChI=1S/C10H22N2O2/c1-4-5-8(11)9(14)12-6-10(2,3)7-13/h8,13H,4-7,11H2,1-3H3,(H,12,14)/t8-/m0/s1. The number of rotatable bonds is 6. The summed E-state index contributed by atoms with van der Waals surface area (Å²) in [5.74, 6) is -0.131. The lowest BCUT2D eigenvalue weighted by Crippen LogP contribution is -2.44. The van der Waals surface area contributed by atoms with Crippen LogP contribution in [0.4, 0.5) is 0 Å². The number of hydrogen-bond acceptors (Lipinski definition) is 3. The summed E-state index contributed by atoms with van der Waals surface area (Å²) in [6.07, 6.45) is 1.60. The fraction of sp³-hybridized carbons (Fsp3) is 0.900. The lowest BCUT2D eigenvalue weighted by Gasteiger charge is -2.22. The zero-order valence-corrected chi connectivity index (χ0v) is 9.34. The van der Waals surface area contributed by atoms with E-state index in [9.17, 15) is 4.79 Å². The van der Waals surface area contributed by atoms with Gasteiger partial charge in [-0.3, -0.25) is 4.79 Å². The second-order valence-corrected chi connectivity index (χ2v) is 4.44. The predicted octanol–water partition coefficient (Wildman–Crippen LogP) is 0.249. The molecule has 1 atom stereocenters. The molecule has 0 radical (unpaired) electrons. The van der Waals surface area contributed by atoms with Crippen molar-refractivity contribution in [2.24, 2.45) is 11.1 Å². The van der Waals surface area contributed by atoms with Gasteiger partial charge in [-0.05, 0) is 6.42 Å². The number of nitrogens with one attached hydrogen (secondary N) is 1. The lowest BCUT2D eigenvalue weighted by molar-refractivity contribution is -0.123. The number of aliphatic hydroxyl groups is 1. The van der Waals surface area contributed by atoms with Gasteiger partial charge in [0.1, 0.15) is 0 Å². The van der Waals surface area contributed by atoms with Crippen LogP contribution >= 0.6 is 0 Å². The zero-order chi connectivity index (χ0) is 11.2. The number of carbonyl (C=O) groups excluding carboxylic acids is 1. The molecule has 84 valence electrons. The van der Waals surface area contributed by atoms with Crippen molar-refractivity contribution >= 4 is 5.91 Å². The SMILES string of the molecule is CCC[C@H](N)C(=O)NCC(C)(C)CO. The van der Waals surface area contributed by atoms with Gasteiger partial charge in [0.15, 0.2) is 0 Å². The largest absolute Gasteiger partial charge is 0.396 e. The van der Waals surface area contributed by atoms with Crippen LogP contribution < -0.4 is 11.1 Å². The minimum absolute atomic E-state index is 0.0519.